The van der Waals surface area contributed by atoms with Crippen molar-refractivity contribution in [2.24, 2.45) is 0 Å². The smallest absolute Gasteiger partial charge is 0.480 e. The molecule has 0 spiro atoms. The SMILES string of the molecule is CCCCCCN1CCCC1C(=O)O.O=C(O)C(F)(F)F. The van der Waals surface area contributed by atoms with E-state index in [1.54, 1.807) is 0 Å². The van der Waals surface area contributed by atoms with Crippen LogP contribution in [0.25, 0.3) is 0 Å². The van der Waals surface area contributed by atoms with Gasteiger partial charge in [0.25, 0.3) is 0 Å². The van der Waals surface area contributed by atoms with E-state index in [1.165, 1.54) is 19.3 Å². The number of carboxylic acid groups (broad SMARTS) is 2. The molecule has 1 heterocycles. The van der Waals surface area contributed by atoms with Crippen LogP contribution in [0.1, 0.15) is 45.4 Å². The van der Waals surface area contributed by atoms with Crippen LogP contribution in [0.4, 0.5) is 13.2 Å². The number of rotatable bonds is 6. The minimum absolute atomic E-state index is 0.198. The molecular weight excluding hydrogens is 291 g/mol. The van der Waals surface area contributed by atoms with Gasteiger partial charge in [-0.1, -0.05) is 26.2 Å². The van der Waals surface area contributed by atoms with E-state index in [0.29, 0.717) is 0 Å². The lowest BCUT2D eigenvalue weighted by molar-refractivity contribution is -0.192. The molecule has 0 aromatic rings. The molecule has 124 valence electrons. The first kappa shape index (κ1) is 19.7. The van der Waals surface area contributed by atoms with E-state index < -0.39 is 18.1 Å². The lowest BCUT2D eigenvalue weighted by Crippen LogP contribution is -2.36. The molecule has 0 aromatic carbocycles. The number of hydrogen-bond donors (Lipinski definition) is 2. The highest BCUT2D eigenvalue weighted by atomic mass is 19.4. The van der Waals surface area contributed by atoms with Crippen molar-refractivity contribution in [3.05, 3.63) is 0 Å². The van der Waals surface area contributed by atoms with Gasteiger partial charge in [0.1, 0.15) is 6.04 Å². The monoisotopic (exact) mass is 313 g/mol. The van der Waals surface area contributed by atoms with Gasteiger partial charge in [0.15, 0.2) is 0 Å². The lowest BCUT2D eigenvalue weighted by Gasteiger charge is -2.20. The summed E-state index contributed by atoms with van der Waals surface area (Å²) in [5.41, 5.74) is 0. The van der Waals surface area contributed by atoms with Crippen LogP contribution in [-0.2, 0) is 9.59 Å². The summed E-state index contributed by atoms with van der Waals surface area (Å²) in [6.45, 7) is 4.13. The maximum atomic E-state index is 10.9. The number of likely N-dealkylation sites (tertiary alicyclic amines) is 1. The third-order valence-corrected chi connectivity index (χ3v) is 3.19. The van der Waals surface area contributed by atoms with Crippen molar-refractivity contribution in [2.75, 3.05) is 13.1 Å². The van der Waals surface area contributed by atoms with Gasteiger partial charge in [-0.15, -0.1) is 0 Å². The van der Waals surface area contributed by atoms with E-state index in [-0.39, 0.29) is 6.04 Å². The molecule has 0 amide bonds. The van der Waals surface area contributed by atoms with Crippen molar-refractivity contribution >= 4 is 11.9 Å². The normalized spacial score (nSPS) is 19.0. The van der Waals surface area contributed by atoms with Crippen LogP contribution in [-0.4, -0.2) is 52.4 Å². The van der Waals surface area contributed by atoms with Crippen LogP contribution in [0.15, 0.2) is 0 Å². The summed E-state index contributed by atoms with van der Waals surface area (Å²) in [6.07, 6.45) is 1.69. The quantitative estimate of drug-likeness (QED) is 0.737. The van der Waals surface area contributed by atoms with E-state index in [2.05, 4.69) is 11.8 Å². The Morgan fingerprint density at radius 2 is 1.76 bits per heavy atom. The van der Waals surface area contributed by atoms with Gasteiger partial charge in [-0.3, -0.25) is 9.69 Å². The molecule has 5 nitrogen and oxygen atoms in total. The Morgan fingerprint density at radius 1 is 1.19 bits per heavy atom. The molecule has 1 aliphatic rings. The van der Waals surface area contributed by atoms with Crippen molar-refractivity contribution in [1.82, 2.24) is 4.90 Å². The van der Waals surface area contributed by atoms with E-state index in [9.17, 15) is 18.0 Å². The van der Waals surface area contributed by atoms with Crippen molar-refractivity contribution in [3.63, 3.8) is 0 Å². The van der Waals surface area contributed by atoms with Gasteiger partial charge >= 0.3 is 18.1 Å². The molecule has 0 aromatic heterocycles. The first-order valence-electron chi connectivity index (χ1n) is 6.97. The second kappa shape index (κ2) is 9.59. The highest BCUT2D eigenvalue weighted by Crippen LogP contribution is 2.18. The molecule has 0 saturated carbocycles. The third-order valence-electron chi connectivity index (χ3n) is 3.19. The second-order valence-electron chi connectivity index (χ2n) is 4.90. The summed E-state index contributed by atoms with van der Waals surface area (Å²) in [5, 5.41) is 16.1. The molecule has 8 heteroatoms. The predicted molar refractivity (Wildman–Crippen MR) is 70.1 cm³/mol. The van der Waals surface area contributed by atoms with Crippen molar-refractivity contribution < 1.29 is 33.0 Å². The molecular formula is C13H22F3NO4. The third kappa shape index (κ3) is 8.54. The zero-order valence-electron chi connectivity index (χ0n) is 12.0. The molecule has 1 unspecified atom stereocenters. The Labute approximate surface area is 121 Å². The van der Waals surface area contributed by atoms with Gasteiger partial charge in [0, 0.05) is 0 Å². The lowest BCUT2D eigenvalue weighted by atomic mass is 10.2. The van der Waals surface area contributed by atoms with E-state index in [1.807, 2.05) is 0 Å². The minimum Gasteiger partial charge on any atom is -0.480 e. The van der Waals surface area contributed by atoms with Crippen LogP contribution >= 0.6 is 0 Å². The van der Waals surface area contributed by atoms with Crippen LogP contribution in [0.5, 0.6) is 0 Å². The molecule has 21 heavy (non-hydrogen) atoms. The number of unbranched alkanes of at least 4 members (excludes halogenated alkanes) is 3. The maximum Gasteiger partial charge on any atom is 0.490 e. The summed E-state index contributed by atoms with van der Waals surface area (Å²) < 4.78 is 31.7. The van der Waals surface area contributed by atoms with E-state index >= 15 is 0 Å². The molecule has 0 aliphatic carbocycles. The molecule has 1 aliphatic heterocycles. The van der Waals surface area contributed by atoms with Gasteiger partial charge in [0.05, 0.1) is 0 Å². The van der Waals surface area contributed by atoms with E-state index in [0.717, 1.165) is 32.4 Å². The largest absolute Gasteiger partial charge is 0.490 e. The average molecular weight is 313 g/mol. The fourth-order valence-corrected chi connectivity index (χ4v) is 2.12. The van der Waals surface area contributed by atoms with E-state index in [4.69, 9.17) is 15.0 Å². The first-order chi connectivity index (χ1) is 9.70. The molecule has 2 N–H and O–H groups in total. The summed E-state index contributed by atoms with van der Waals surface area (Å²) in [4.78, 5) is 21.9. The van der Waals surface area contributed by atoms with Gasteiger partial charge in [-0.25, -0.2) is 4.79 Å². The van der Waals surface area contributed by atoms with Crippen LogP contribution in [0.3, 0.4) is 0 Å². The first-order valence-corrected chi connectivity index (χ1v) is 6.97. The Bertz CT molecular complexity index is 334. The van der Waals surface area contributed by atoms with Gasteiger partial charge in [-0.05, 0) is 32.4 Å². The van der Waals surface area contributed by atoms with Gasteiger partial charge in [-0.2, -0.15) is 13.2 Å². The van der Waals surface area contributed by atoms with Crippen molar-refractivity contribution in [3.8, 4) is 0 Å². The average Bonchev–Trinajstić information content (AvgIpc) is 2.82. The van der Waals surface area contributed by atoms with Crippen LogP contribution < -0.4 is 0 Å². The number of hydrogen-bond acceptors (Lipinski definition) is 3. The summed E-state index contributed by atoms with van der Waals surface area (Å²) >= 11 is 0. The Balaban J connectivity index is 0.000000486. The Morgan fingerprint density at radius 3 is 2.19 bits per heavy atom. The van der Waals surface area contributed by atoms with Gasteiger partial charge < -0.3 is 10.2 Å². The Kier molecular flexibility index (Phi) is 9.00. The highest BCUT2D eigenvalue weighted by molar-refractivity contribution is 5.73. The second-order valence-corrected chi connectivity index (χ2v) is 4.90. The molecule has 0 bridgehead atoms. The number of alkyl halides is 3. The number of halogens is 3. The van der Waals surface area contributed by atoms with Gasteiger partial charge in [0.2, 0.25) is 0 Å². The summed E-state index contributed by atoms with van der Waals surface area (Å²) in [5.74, 6) is -3.40. The van der Waals surface area contributed by atoms with Crippen molar-refractivity contribution in [1.29, 1.82) is 0 Å². The fourth-order valence-electron chi connectivity index (χ4n) is 2.12. The number of nitrogens with zero attached hydrogens (tertiary/aromatic N) is 1. The fraction of sp³-hybridized carbons (Fsp3) is 0.846. The number of aliphatic carboxylic acids is 2. The zero-order valence-corrected chi connectivity index (χ0v) is 12.0. The highest BCUT2D eigenvalue weighted by Gasteiger charge is 2.38. The Hall–Kier alpha value is -1.31. The van der Waals surface area contributed by atoms with Crippen molar-refractivity contribution in [2.45, 2.75) is 57.7 Å². The topological polar surface area (TPSA) is 77.8 Å². The maximum absolute atomic E-state index is 10.9. The predicted octanol–water partition coefficient (Wildman–Crippen LogP) is 2.75. The summed E-state index contributed by atoms with van der Waals surface area (Å²) in [6, 6.07) is -0.198. The number of carboxylic acids is 2. The molecule has 1 rings (SSSR count). The molecule has 1 saturated heterocycles. The number of carbonyl (C=O) groups is 2. The summed E-state index contributed by atoms with van der Waals surface area (Å²) in [7, 11) is 0. The molecule has 0 radical (unpaired) electrons. The standard InChI is InChI=1S/C11H21NO2.C2HF3O2/c1-2-3-4-5-8-12-9-6-7-10(12)11(13)14;3-2(4,5)1(6)7/h10H,2-9H2,1H3,(H,13,14);(H,6,7). The molecule has 1 atom stereocenters. The van der Waals surface area contributed by atoms with Crippen LogP contribution in [0.2, 0.25) is 0 Å². The van der Waals surface area contributed by atoms with Crippen LogP contribution in [0, 0.1) is 0 Å². The zero-order chi connectivity index (χ0) is 16.5. The minimum atomic E-state index is -5.08. The molecule has 1 fully saturated rings.